The van der Waals surface area contributed by atoms with Gasteiger partial charge in [0.25, 0.3) is 11.5 Å². The molecule has 1 aromatic heterocycles. The van der Waals surface area contributed by atoms with E-state index in [1.807, 2.05) is 30.3 Å². The van der Waals surface area contributed by atoms with Crippen LogP contribution in [0.1, 0.15) is 46.1 Å². The highest BCUT2D eigenvalue weighted by molar-refractivity contribution is 5.95. The summed E-state index contributed by atoms with van der Waals surface area (Å²) in [5, 5.41) is 7.15. The average Bonchev–Trinajstić information content (AvgIpc) is 3.13. The Labute approximate surface area is 146 Å². The normalized spacial score (nSPS) is 18.1. The number of benzene rings is 1. The fraction of sp³-hybridized carbons (Fsp3) is 0.421. The topological polar surface area (TPSA) is 73.2 Å². The number of aromatic nitrogens is 2. The molecule has 2 heterocycles. The third-order valence-corrected chi connectivity index (χ3v) is 4.73. The number of hydrogen-bond acceptors (Lipinski definition) is 4. The van der Waals surface area contributed by atoms with Crippen LogP contribution in [0.25, 0.3) is 0 Å². The van der Waals surface area contributed by atoms with Crippen molar-refractivity contribution in [1.29, 1.82) is 0 Å². The number of hydrogen-bond donors (Lipinski definition) is 1. The summed E-state index contributed by atoms with van der Waals surface area (Å²) < 4.78 is 7.01. The van der Waals surface area contributed by atoms with E-state index in [9.17, 15) is 9.59 Å². The van der Waals surface area contributed by atoms with E-state index in [1.165, 1.54) is 4.68 Å². The minimum Gasteiger partial charge on any atom is -0.376 e. The predicted octanol–water partition coefficient (Wildman–Crippen LogP) is 2.05. The summed E-state index contributed by atoms with van der Waals surface area (Å²) in [4.78, 5) is 25.4. The van der Waals surface area contributed by atoms with Crippen molar-refractivity contribution < 1.29 is 9.53 Å². The molecule has 0 bridgehead atoms. The minimum atomic E-state index is -0.389. The minimum absolute atomic E-state index is 0.0848. The Bertz CT molecular complexity index is 824. The number of rotatable bonds is 4. The van der Waals surface area contributed by atoms with E-state index in [1.54, 1.807) is 20.9 Å². The van der Waals surface area contributed by atoms with Crippen molar-refractivity contribution in [2.75, 3.05) is 6.61 Å². The van der Waals surface area contributed by atoms with Crippen LogP contribution in [0.4, 0.5) is 0 Å². The zero-order chi connectivity index (χ0) is 18.0. The summed E-state index contributed by atoms with van der Waals surface area (Å²) in [7, 11) is 1.56. The molecule has 1 saturated heterocycles. The maximum atomic E-state index is 12.9. The van der Waals surface area contributed by atoms with E-state index in [0.29, 0.717) is 17.9 Å². The molecule has 132 valence electrons. The standard InChI is InChI=1S/C19H23N3O3/c1-12-13(2)21-22(3)19(24)16(12)18(23)20-17(15-10-7-11-25-15)14-8-5-4-6-9-14/h4-6,8-9,15,17H,7,10-11H2,1-3H3,(H,20,23)/t15-,17+/m0/s1. The molecular formula is C19H23N3O3. The Hall–Kier alpha value is -2.47. The van der Waals surface area contributed by atoms with Gasteiger partial charge in [-0.25, -0.2) is 4.68 Å². The number of amides is 1. The molecule has 0 saturated carbocycles. The summed E-state index contributed by atoms with van der Waals surface area (Å²) in [5.74, 6) is -0.382. The molecular weight excluding hydrogens is 318 g/mol. The van der Waals surface area contributed by atoms with E-state index < -0.39 is 0 Å². The lowest BCUT2D eigenvalue weighted by Gasteiger charge is -2.25. The Kier molecular flexibility index (Phi) is 4.99. The number of aryl methyl sites for hydroxylation is 2. The first-order valence-corrected chi connectivity index (χ1v) is 8.51. The van der Waals surface area contributed by atoms with Crippen LogP contribution in [-0.4, -0.2) is 28.4 Å². The Morgan fingerprint density at radius 3 is 2.68 bits per heavy atom. The lowest BCUT2D eigenvalue weighted by Crippen LogP contribution is -2.40. The second-order valence-electron chi connectivity index (χ2n) is 6.43. The maximum absolute atomic E-state index is 12.9. The average molecular weight is 341 g/mol. The SMILES string of the molecule is Cc1nn(C)c(=O)c(C(=O)N[C@H](c2ccccc2)[C@@H]2CCCO2)c1C. The van der Waals surface area contributed by atoms with Crippen LogP contribution in [-0.2, 0) is 11.8 Å². The number of nitrogens with zero attached hydrogens (tertiary/aromatic N) is 2. The molecule has 25 heavy (non-hydrogen) atoms. The van der Waals surface area contributed by atoms with Gasteiger partial charge in [0.2, 0.25) is 0 Å². The molecule has 0 spiro atoms. The van der Waals surface area contributed by atoms with Crippen LogP contribution < -0.4 is 10.9 Å². The smallest absolute Gasteiger partial charge is 0.279 e. The quantitative estimate of drug-likeness (QED) is 0.924. The first-order valence-electron chi connectivity index (χ1n) is 8.51. The molecule has 1 aliphatic rings. The molecule has 2 atom stereocenters. The molecule has 1 aliphatic heterocycles. The molecule has 0 radical (unpaired) electrons. The van der Waals surface area contributed by atoms with Gasteiger partial charge >= 0.3 is 0 Å². The van der Waals surface area contributed by atoms with E-state index in [2.05, 4.69) is 10.4 Å². The van der Waals surface area contributed by atoms with Gasteiger partial charge in [-0.3, -0.25) is 9.59 Å². The van der Waals surface area contributed by atoms with Crippen LogP contribution in [0, 0.1) is 13.8 Å². The summed E-state index contributed by atoms with van der Waals surface area (Å²) >= 11 is 0. The zero-order valence-electron chi connectivity index (χ0n) is 14.8. The van der Waals surface area contributed by atoms with Gasteiger partial charge in [0.1, 0.15) is 5.56 Å². The second kappa shape index (κ2) is 7.19. The molecule has 2 aromatic rings. The third kappa shape index (κ3) is 3.49. The van der Waals surface area contributed by atoms with Gasteiger partial charge in [0.15, 0.2) is 0 Å². The third-order valence-electron chi connectivity index (χ3n) is 4.73. The maximum Gasteiger partial charge on any atom is 0.279 e. The highest BCUT2D eigenvalue weighted by atomic mass is 16.5. The molecule has 0 unspecified atom stereocenters. The van der Waals surface area contributed by atoms with E-state index in [0.717, 1.165) is 18.4 Å². The van der Waals surface area contributed by atoms with Crippen LogP contribution in [0.2, 0.25) is 0 Å². The molecule has 6 heteroatoms. The number of ether oxygens (including phenoxy) is 1. The largest absolute Gasteiger partial charge is 0.376 e. The van der Waals surface area contributed by atoms with Gasteiger partial charge in [-0.1, -0.05) is 30.3 Å². The lowest BCUT2D eigenvalue weighted by atomic mass is 9.98. The van der Waals surface area contributed by atoms with Crippen molar-refractivity contribution in [2.45, 2.75) is 38.8 Å². The Balaban J connectivity index is 1.95. The number of nitrogens with one attached hydrogen (secondary N) is 1. The Morgan fingerprint density at radius 1 is 1.32 bits per heavy atom. The van der Waals surface area contributed by atoms with E-state index in [4.69, 9.17) is 4.74 Å². The number of carbonyl (C=O) groups is 1. The summed E-state index contributed by atoms with van der Waals surface area (Å²) in [6, 6.07) is 9.46. The molecule has 1 N–H and O–H groups in total. The zero-order valence-corrected chi connectivity index (χ0v) is 14.8. The van der Waals surface area contributed by atoms with E-state index in [-0.39, 0.29) is 29.2 Å². The van der Waals surface area contributed by atoms with E-state index >= 15 is 0 Å². The monoisotopic (exact) mass is 341 g/mol. The van der Waals surface area contributed by atoms with Crippen molar-refractivity contribution in [3.8, 4) is 0 Å². The summed E-state index contributed by atoms with van der Waals surface area (Å²) in [5.41, 5.74) is 2.01. The Morgan fingerprint density at radius 2 is 2.04 bits per heavy atom. The predicted molar refractivity (Wildman–Crippen MR) is 94.6 cm³/mol. The van der Waals surface area contributed by atoms with Gasteiger partial charge in [0, 0.05) is 13.7 Å². The van der Waals surface area contributed by atoms with Gasteiger partial charge in [-0.2, -0.15) is 5.10 Å². The molecule has 1 aromatic carbocycles. The van der Waals surface area contributed by atoms with Gasteiger partial charge in [-0.15, -0.1) is 0 Å². The lowest BCUT2D eigenvalue weighted by molar-refractivity contribution is 0.0671. The van der Waals surface area contributed by atoms with Crippen molar-refractivity contribution in [1.82, 2.24) is 15.1 Å². The summed E-state index contributed by atoms with van der Waals surface area (Å²) in [6.45, 7) is 4.24. The fourth-order valence-corrected chi connectivity index (χ4v) is 3.25. The van der Waals surface area contributed by atoms with Crippen molar-refractivity contribution in [3.05, 3.63) is 63.1 Å². The highest BCUT2D eigenvalue weighted by Crippen LogP contribution is 2.27. The van der Waals surface area contributed by atoms with Crippen LogP contribution >= 0.6 is 0 Å². The molecule has 0 aliphatic carbocycles. The van der Waals surface area contributed by atoms with Gasteiger partial charge in [0.05, 0.1) is 17.8 Å². The van der Waals surface area contributed by atoms with Crippen LogP contribution in [0.15, 0.2) is 35.1 Å². The van der Waals surface area contributed by atoms with Crippen LogP contribution in [0.3, 0.4) is 0 Å². The highest BCUT2D eigenvalue weighted by Gasteiger charge is 2.30. The second-order valence-corrected chi connectivity index (χ2v) is 6.43. The fourth-order valence-electron chi connectivity index (χ4n) is 3.25. The van der Waals surface area contributed by atoms with Crippen molar-refractivity contribution in [3.63, 3.8) is 0 Å². The molecule has 1 fully saturated rings. The molecule has 1 amide bonds. The molecule has 6 nitrogen and oxygen atoms in total. The van der Waals surface area contributed by atoms with Crippen molar-refractivity contribution >= 4 is 5.91 Å². The molecule has 3 rings (SSSR count). The van der Waals surface area contributed by atoms with Gasteiger partial charge < -0.3 is 10.1 Å². The van der Waals surface area contributed by atoms with Crippen LogP contribution in [0.5, 0.6) is 0 Å². The first-order chi connectivity index (χ1) is 12.0. The first kappa shape index (κ1) is 17.4. The summed E-state index contributed by atoms with van der Waals surface area (Å²) in [6.07, 6.45) is 1.77. The van der Waals surface area contributed by atoms with Crippen molar-refractivity contribution in [2.24, 2.45) is 7.05 Å². The van der Waals surface area contributed by atoms with Gasteiger partial charge in [-0.05, 0) is 37.8 Å². The number of carbonyl (C=O) groups excluding carboxylic acids is 1.